The van der Waals surface area contributed by atoms with E-state index < -0.39 is 0 Å². The van der Waals surface area contributed by atoms with Gasteiger partial charge in [0, 0.05) is 22.2 Å². The minimum Gasteiger partial charge on any atom is -0.490 e. The lowest BCUT2D eigenvalue weighted by molar-refractivity contribution is 0.269. The molecule has 0 spiro atoms. The van der Waals surface area contributed by atoms with E-state index in [9.17, 15) is 0 Å². The Balaban J connectivity index is 2.01. The zero-order valence-electron chi connectivity index (χ0n) is 17.9. The van der Waals surface area contributed by atoms with Crippen LogP contribution in [0, 0.1) is 0 Å². The van der Waals surface area contributed by atoms with Crippen molar-refractivity contribution in [1.82, 2.24) is 10.2 Å². The van der Waals surface area contributed by atoms with Crippen LogP contribution < -0.4 is 14.8 Å². The average Bonchev–Trinajstić information content (AvgIpc) is 2.72. The van der Waals surface area contributed by atoms with E-state index in [1.54, 1.807) is 18.2 Å². The molecule has 0 saturated carbocycles. The Labute approximate surface area is 195 Å². The second-order valence-corrected chi connectivity index (χ2v) is 8.11. The standard InChI is InChI=1S/C23H31Cl3N2O2/c1-4-28(5-2)12-8-11-27-15-17-13-21(26)23(22(14-17)29-6-3)30-16-18-19(24)9-7-10-20(18)25/h7,9-10,13-14,27H,4-6,8,11-12,15-16H2,1-3H3. The Morgan fingerprint density at radius 3 is 2.27 bits per heavy atom. The van der Waals surface area contributed by atoms with Crippen molar-refractivity contribution in [2.75, 3.05) is 32.8 Å². The predicted octanol–water partition coefficient (Wildman–Crippen LogP) is 6.45. The molecule has 0 aromatic heterocycles. The Morgan fingerprint density at radius 2 is 1.63 bits per heavy atom. The zero-order chi connectivity index (χ0) is 21.9. The van der Waals surface area contributed by atoms with E-state index in [2.05, 4.69) is 24.1 Å². The van der Waals surface area contributed by atoms with E-state index in [0.717, 1.165) is 43.7 Å². The van der Waals surface area contributed by atoms with Gasteiger partial charge in [0.25, 0.3) is 0 Å². The van der Waals surface area contributed by atoms with Crippen LogP contribution in [-0.2, 0) is 13.2 Å². The van der Waals surface area contributed by atoms with Gasteiger partial charge in [0.05, 0.1) is 11.6 Å². The SMILES string of the molecule is CCOc1cc(CNCCCN(CC)CC)cc(Cl)c1OCc1c(Cl)cccc1Cl. The first-order chi connectivity index (χ1) is 14.5. The smallest absolute Gasteiger partial charge is 0.180 e. The quantitative estimate of drug-likeness (QED) is 0.339. The third-order valence-corrected chi connectivity index (χ3v) is 5.83. The number of rotatable bonds is 13. The van der Waals surface area contributed by atoms with Crippen LogP contribution in [0.4, 0.5) is 0 Å². The normalized spacial score (nSPS) is 11.2. The number of ether oxygens (including phenoxy) is 2. The summed E-state index contributed by atoms with van der Waals surface area (Å²) in [6.45, 7) is 12.0. The summed E-state index contributed by atoms with van der Waals surface area (Å²) < 4.78 is 11.8. The number of nitrogens with zero attached hydrogens (tertiary/aromatic N) is 1. The molecule has 0 aliphatic rings. The van der Waals surface area contributed by atoms with Gasteiger partial charge in [-0.1, -0.05) is 54.7 Å². The van der Waals surface area contributed by atoms with Gasteiger partial charge in [-0.15, -0.1) is 0 Å². The van der Waals surface area contributed by atoms with E-state index in [4.69, 9.17) is 44.3 Å². The van der Waals surface area contributed by atoms with Gasteiger partial charge in [-0.05, 0) is 69.4 Å². The molecule has 0 radical (unpaired) electrons. The highest BCUT2D eigenvalue weighted by molar-refractivity contribution is 6.36. The van der Waals surface area contributed by atoms with Gasteiger partial charge in [-0.3, -0.25) is 0 Å². The summed E-state index contributed by atoms with van der Waals surface area (Å²) in [5.41, 5.74) is 1.77. The Hall–Kier alpha value is -1.17. The molecule has 0 saturated heterocycles. The fourth-order valence-corrected chi connectivity index (χ4v) is 3.94. The predicted molar refractivity (Wildman–Crippen MR) is 128 cm³/mol. The van der Waals surface area contributed by atoms with Crippen LogP contribution in [0.2, 0.25) is 15.1 Å². The topological polar surface area (TPSA) is 33.7 Å². The molecule has 2 aromatic carbocycles. The lowest BCUT2D eigenvalue weighted by atomic mass is 10.2. The molecule has 2 aromatic rings. The van der Waals surface area contributed by atoms with Crippen molar-refractivity contribution in [3.63, 3.8) is 0 Å². The van der Waals surface area contributed by atoms with Crippen LogP contribution in [0.3, 0.4) is 0 Å². The van der Waals surface area contributed by atoms with Gasteiger partial charge in [0.15, 0.2) is 11.5 Å². The Morgan fingerprint density at radius 1 is 0.933 bits per heavy atom. The summed E-state index contributed by atoms with van der Waals surface area (Å²) in [7, 11) is 0. The van der Waals surface area contributed by atoms with E-state index >= 15 is 0 Å². The van der Waals surface area contributed by atoms with Crippen molar-refractivity contribution in [2.24, 2.45) is 0 Å². The van der Waals surface area contributed by atoms with Crippen molar-refractivity contribution < 1.29 is 9.47 Å². The van der Waals surface area contributed by atoms with Gasteiger partial charge < -0.3 is 19.7 Å². The van der Waals surface area contributed by atoms with E-state index in [0.29, 0.717) is 39.7 Å². The molecule has 4 nitrogen and oxygen atoms in total. The van der Waals surface area contributed by atoms with Crippen LogP contribution in [0.25, 0.3) is 0 Å². The summed E-state index contributed by atoms with van der Waals surface area (Å²) >= 11 is 19.0. The molecule has 1 N–H and O–H groups in total. The summed E-state index contributed by atoms with van der Waals surface area (Å²) in [6, 6.07) is 9.25. The van der Waals surface area contributed by atoms with Crippen molar-refractivity contribution in [1.29, 1.82) is 0 Å². The van der Waals surface area contributed by atoms with Crippen molar-refractivity contribution in [2.45, 2.75) is 40.3 Å². The average molecular weight is 474 g/mol. The highest BCUT2D eigenvalue weighted by Gasteiger charge is 2.15. The van der Waals surface area contributed by atoms with E-state index in [1.165, 1.54) is 0 Å². The molecular weight excluding hydrogens is 443 g/mol. The first-order valence-corrected chi connectivity index (χ1v) is 11.6. The molecular formula is C23H31Cl3N2O2. The monoisotopic (exact) mass is 472 g/mol. The van der Waals surface area contributed by atoms with Gasteiger partial charge in [-0.2, -0.15) is 0 Å². The fourth-order valence-electron chi connectivity index (χ4n) is 3.14. The molecule has 0 amide bonds. The molecule has 0 aliphatic carbocycles. The van der Waals surface area contributed by atoms with Crippen molar-refractivity contribution in [3.8, 4) is 11.5 Å². The molecule has 0 atom stereocenters. The molecule has 2 rings (SSSR count). The summed E-state index contributed by atoms with van der Waals surface area (Å²) in [5, 5.41) is 5.10. The molecule has 166 valence electrons. The van der Waals surface area contributed by atoms with Gasteiger partial charge >= 0.3 is 0 Å². The molecule has 7 heteroatoms. The maximum atomic E-state index is 6.53. The van der Waals surface area contributed by atoms with Crippen molar-refractivity contribution >= 4 is 34.8 Å². The molecule has 0 fully saturated rings. The summed E-state index contributed by atoms with van der Waals surface area (Å²) in [4.78, 5) is 2.42. The number of benzene rings is 2. The first-order valence-electron chi connectivity index (χ1n) is 10.4. The largest absolute Gasteiger partial charge is 0.490 e. The highest BCUT2D eigenvalue weighted by Crippen LogP contribution is 2.38. The number of hydrogen-bond acceptors (Lipinski definition) is 4. The lowest BCUT2D eigenvalue weighted by Gasteiger charge is -2.18. The number of halogens is 3. The molecule has 0 aliphatic heterocycles. The zero-order valence-corrected chi connectivity index (χ0v) is 20.2. The minimum atomic E-state index is 0.210. The maximum absolute atomic E-state index is 6.53. The molecule has 0 bridgehead atoms. The Bertz CT molecular complexity index is 778. The third kappa shape index (κ3) is 7.51. The van der Waals surface area contributed by atoms with Crippen LogP contribution in [0.1, 0.15) is 38.3 Å². The van der Waals surface area contributed by atoms with E-state index in [-0.39, 0.29) is 6.61 Å². The first kappa shape index (κ1) is 25.1. The highest BCUT2D eigenvalue weighted by atomic mass is 35.5. The Kier molecular flexibility index (Phi) is 11.1. The van der Waals surface area contributed by atoms with Gasteiger partial charge in [-0.25, -0.2) is 0 Å². The third-order valence-electron chi connectivity index (χ3n) is 4.84. The molecule has 0 unspecified atom stereocenters. The van der Waals surface area contributed by atoms with Crippen LogP contribution >= 0.6 is 34.8 Å². The minimum absolute atomic E-state index is 0.210. The van der Waals surface area contributed by atoms with E-state index in [1.807, 2.05) is 19.1 Å². The van der Waals surface area contributed by atoms with Crippen molar-refractivity contribution in [3.05, 3.63) is 56.5 Å². The summed E-state index contributed by atoms with van der Waals surface area (Å²) in [6.07, 6.45) is 1.10. The maximum Gasteiger partial charge on any atom is 0.180 e. The van der Waals surface area contributed by atoms with Crippen LogP contribution in [-0.4, -0.2) is 37.7 Å². The number of nitrogens with one attached hydrogen (secondary N) is 1. The van der Waals surface area contributed by atoms with Gasteiger partial charge in [0.1, 0.15) is 6.61 Å². The fraction of sp³-hybridized carbons (Fsp3) is 0.478. The van der Waals surface area contributed by atoms with Crippen LogP contribution in [0.5, 0.6) is 11.5 Å². The second-order valence-electron chi connectivity index (χ2n) is 6.88. The summed E-state index contributed by atoms with van der Waals surface area (Å²) in [5.74, 6) is 1.12. The molecule has 30 heavy (non-hydrogen) atoms. The lowest BCUT2D eigenvalue weighted by Crippen LogP contribution is -2.27. The molecule has 0 heterocycles. The second kappa shape index (κ2) is 13.3. The van der Waals surface area contributed by atoms with Crippen LogP contribution in [0.15, 0.2) is 30.3 Å². The number of hydrogen-bond donors (Lipinski definition) is 1. The van der Waals surface area contributed by atoms with Gasteiger partial charge in [0.2, 0.25) is 0 Å².